The molecule has 1 fully saturated rings. The summed E-state index contributed by atoms with van der Waals surface area (Å²) in [5.74, 6) is -1.42. The molecule has 0 atom stereocenters. The number of aryl methyl sites for hydroxylation is 2. The van der Waals surface area contributed by atoms with Gasteiger partial charge in [-0.3, -0.25) is 9.48 Å². The van der Waals surface area contributed by atoms with E-state index in [2.05, 4.69) is 15.1 Å². The Morgan fingerprint density at radius 2 is 1.92 bits per heavy atom. The third-order valence-corrected chi connectivity index (χ3v) is 4.42. The molecule has 0 unspecified atom stereocenters. The monoisotopic (exact) mass is 369 g/mol. The summed E-state index contributed by atoms with van der Waals surface area (Å²) in [7, 11) is 1.68. The first-order valence-electron chi connectivity index (χ1n) is 8.10. The van der Waals surface area contributed by atoms with Gasteiger partial charge in [0.25, 0.3) is 0 Å². The van der Waals surface area contributed by atoms with Crippen molar-refractivity contribution < 1.29 is 23.1 Å². The fourth-order valence-electron chi connectivity index (χ4n) is 3.04. The summed E-state index contributed by atoms with van der Waals surface area (Å²) in [5, 5.41) is 13.2. The molecule has 1 N–H and O–H groups in total. The van der Waals surface area contributed by atoms with Crippen LogP contribution in [0.2, 0.25) is 0 Å². The van der Waals surface area contributed by atoms with Crippen molar-refractivity contribution in [3.63, 3.8) is 0 Å². The molecule has 140 valence electrons. The fraction of sp³-hybridized carbons (Fsp3) is 0.500. The van der Waals surface area contributed by atoms with E-state index in [1.54, 1.807) is 25.1 Å². The number of carbonyl (C=O) groups is 1. The third kappa shape index (κ3) is 3.63. The summed E-state index contributed by atoms with van der Waals surface area (Å²) in [6.07, 6.45) is -2.31. The molecule has 2 aromatic heterocycles. The van der Waals surface area contributed by atoms with E-state index in [-0.39, 0.29) is 11.6 Å². The van der Waals surface area contributed by atoms with Gasteiger partial charge in [-0.25, -0.2) is 9.97 Å². The number of aliphatic carboxylic acids is 1. The minimum Gasteiger partial charge on any atom is -0.481 e. The predicted molar refractivity (Wildman–Crippen MR) is 86.5 cm³/mol. The number of halogens is 3. The predicted octanol–water partition coefficient (Wildman–Crippen LogP) is 2.51. The molecular weight excluding hydrogens is 351 g/mol. The first-order chi connectivity index (χ1) is 12.1. The van der Waals surface area contributed by atoms with Crippen molar-refractivity contribution in [1.82, 2.24) is 19.7 Å². The number of alkyl halides is 3. The molecular formula is C16H18F3N5O2. The lowest BCUT2D eigenvalue weighted by Crippen LogP contribution is -2.37. The molecule has 0 bridgehead atoms. The molecule has 10 heteroatoms. The molecule has 1 aliphatic rings. The van der Waals surface area contributed by atoms with Crippen molar-refractivity contribution in [2.24, 2.45) is 13.0 Å². The SMILES string of the molecule is Cc1nn(C)cc1-c1cc(C(F)(F)F)nc(N2CCC(C(=O)O)CC2)n1. The quantitative estimate of drug-likeness (QED) is 0.895. The van der Waals surface area contributed by atoms with Crippen molar-refractivity contribution in [3.8, 4) is 11.3 Å². The first kappa shape index (κ1) is 18.2. The van der Waals surface area contributed by atoms with E-state index in [0.29, 0.717) is 37.2 Å². The molecule has 0 aromatic carbocycles. The van der Waals surface area contributed by atoms with Gasteiger partial charge in [0.15, 0.2) is 5.69 Å². The molecule has 0 spiro atoms. The van der Waals surface area contributed by atoms with Gasteiger partial charge in [0.2, 0.25) is 5.95 Å². The maximum absolute atomic E-state index is 13.3. The topological polar surface area (TPSA) is 84.1 Å². The molecule has 0 radical (unpaired) electrons. The second-order valence-electron chi connectivity index (χ2n) is 6.34. The minimum absolute atomic E-state index is 0.0399. The van der Waals surface area contributed by atoms with E-state index < -0.39 is 23.8 Å². The van der Waals surface area contributed by atoms with E-state index in [0.717, 1.165) is 6.07 Å². The number of hydrogen-bond acceptors (Lipinski definition) is 5. The highest BCUT2D eigenvalue weighted by Crippen LogP contribution is 2.33. The first-order valence-corrected chi connectivity index (χ1v) is 8.10. The van der Waals surface area contributed by atoms with Crippen molar-refractivity contribution in [2.45, 2.75) is 25.9 Å². The van der Waals surface area contributed by atoms with Crippen LogP contribution < -0.4 is 4.90 Å². The Hall–Kier alpha value is -2.65. The number of nitrogens with zero attached hydrogens (tertiary/aromatic N) is 5. The van der Waals surface area contributed by atoms with E-state index in [9.17, 15) is 18.0 Å². The van der Waals surface area contributed by atoms with Crippen LogP contribution in [0.3, 0.4) is 0 Å². The molecule has 1 saturated heterocycles. The van der Waals surface area contributed by atoms with Crippen molar-refractivity contribution >= 4 is 11.9 Å². The fourth-order valence-corrected chi connectivity index (χ4v) is 3.04. The molecule has 0 saturated carbocycles. The van der Waals surface area contributed by atoms with Gasteiger partial charge < -0.3 is 10.0 Å². The zero-order valence-corrected chi connectivity index (χ0v) is 14.3. The Labute approximate surface area is 147 Å². The zero-order valence-electron chi connectivity index (χ0n) is 14.3. The van der Waals surface area contributed by atoms with Gasteiger partial charge >= 0.3 is 12.1 Å². The van der Waals surface area contributed by atoms with Crippen LogP contribution in [0.15, 0.2) is 12.3 Å². The summed E-state index contributed by atoms with van der Waals surface area (Å²) in [6, 6.07) is 0.914. The normalized spacial score (nSPS) is 16.1. The smallest absolute Gasteiger partial charge is 0.433 e. The van der Waals surface area contributed by atoms with Gasteiger partial charge in [-0.2, -0.15) is 18.3 Å². The zero-order chi connectivity index (χ0) is 19.1. The van der Waals surface area contributed by atoms with Gasteiger partial charge in [0.05, 0.1) is 17.3 Å². The van der Waals surface area contributed by atoms with Crippen molar-refractivity contribution in [2.75, 3.05) is 18.0 Å². The largest absolute Gasteiger partial charge is 0.481 e. The van der Waals surface area contributed by atoms with Crippen LogP contribution in [0.5, 0.6) is 0 Å². The van der Waals surface area contributed by atoms with Gasteiger partial charge in [-0.15, -0.1) is 0 Å². The van der Waals surface area contributed by atoms with Crippen molar-refractivity contribution in [3.05, 3.63) is 23.7 Å². The van der Waals surface area contributed by atoms with Gasteiger partial charge in [-0.05, 0) is 25.8 Å². The highest BCUT2D eigenvalue weighted by atomic mass is 19.4. The molecule has 3 rings (SSSR count). The van der Waals surface area contributed by atoms with Crippen LogP contribution in [-0.2, 0) is 18.0 Å². The number of hydrogen-bond donors (Lipinski definition) is 1. The average molecular weight is 369 g/mol. The lowest BCUT2D eigenvalue weighted by atomic mass is 9.97. The number of aromatic nitrogens is 4. The Bertz CT molecular complexity index is 826. The van der Waals surface area contributed by atoms with Crippen LogP contribution in [0.25, 0.3) is 11.3 Å². The maximum atomic E-state index is 13.3. The van der Waals surface area contributed by atoms with Crippen LogP contribution in [0.1, 0.15) is 24.2 Å². The molecule has 7 nitrogen and oxygen atoms in total. The molecule has 26 heavy (non-hydrogen) atoms. The molecule has 2 aromatic rings. The summed E-state index contributed by atoms with van der Waals surface area (Å²) in [5.41, 5.74) is 0.186. The number of anilines is 1. The number of rotatable bonds is 3. The average Bonchev–Trinajstić information content (AvgIpc) is 2.92. The highest BCUT2D eigenvalue weighted by Gasteiger charge is 2.35. The second kappa shape index (κ2) is 6.58. The summed E-state index contributed by atoms with van der Waals surface area (Å²) in [6.45, 7) is 2.29. The minimum atomic E-state index is -4.61. The van der Waals surface area contributed by atoms with Gasteiger partial charge in [0.1, 0.15) is 0 Å². The van der Waals surface area contributed by atoms with Gasteiger partial charge in [0, 0.05) is 31.9 Å². The van der Waals surface area contributed by atoms with E-state index in [1.165, 1.54) is 4.68 Å². The Morgan fingerprint density at radius 3 is 2.42 bits per heavy atom. The van der Waals surface area contributed by atoms with E-state index >= 15 is 0 Å². The Morgan fingerprint density at radius 1 is 1.27 bits per heavy atom. The molecule has 0 aliphatic carbocycles. The van der Waals surface area contributed by atoms with E-state index in [4.69, 9.17) is 5.11 Å². The highest BCUT2D eigenvalue weighted by molar-refractivity contribution is 5.70. The van der Waals surface area contributed by atoms with Gasteiger partial charge in [-0.1, -0.05) is 0 Å². The maximum Gasteiger partial charge on any atom is 0.433 e. The number of piperidine rings is 1. The van der Waals surface area contributed by atoms with Crippen molar-refractivity contribution in [1.29, 1.82) is 0 Å². The van der Waals surface area contributed by atoms with Crippen LogP contribution in [0.4, 0.5) is 19.1 Å². The number of carboxylic acids is 1. The molecule has 3 heterocycles. The molecule has 0 amide bonds. The van der Waals surface area contributed by atoms with Crippen LogP contribution in [0, 0.1) is 12.8 Å². The van der Waals surface area contributed by atoms with E-state index in [1.807, 2.05) is 0 Å². The van der Waals surface area contributed by atoms with Crippen LogP contribution >= 0.6 is 0 Å². The standard InChI is InChI=1S/C16H18F3N5O2/c1-9-11(8-23(2)22-9)12-7-13(16(17,18)19)21-15(20-12)24-5-3-10(4-6-24)14(25)26/h7-8,10H,3-6H2,1-2H3,(H,25,26). The van der Waals surface area contributed by atoms with Crippen LogP contribution in [-0.4, -0.2) is 43.9 Å². The lowest BCUT2D eigenvalue weighted by Gasteiger charge is -2.30. The Balaban J connectivity index is 1.99. The Kier molecular flexibility index (Phi) is 4.59. The lowest BCUT2D eigenvalue weighted by molar-refractivity contribution is -0.142. The third-order valence-electron chi connectivity index (χ3n) is 4.42. The number of carboxylic acid groups (broad SMARTS) is 1. The summed E-state index contributed by atoms with van der Waals surface area (Å²) in [4.78, 5) is 20.6. The summed E-state index contributed by atoms with van der Waals surface area (Å²) >= 11 is 0. The molecule has 1 aliphatic heterocycles. The summed E-state index contributed by atoms with van der Waals surface area (Å²) < 4.78 is 41.4. The second-order valence-corrected chi connectivity index (χ2v) is 6.34.